The van der Waals surface area contributed by atoms with Crippen LogP contribution in [-0.4, -0.2) is 61.0 Å². The lowest BCUT2D eigenvalue weighted by Gasteiger charge is -2.68. The summed E-state index contributed by atoms with van der Waals surface area (Å²) in [6.07, 6.45) is 3.47. The Labute approximate surface area is 344 Å². The van der Waals surface area contributed by atoms with Gasteiger partial charge in [-0.3, -0.25) is 19.2 Å². The molecule has 9 rings (SSSR count). The molecule has 0 saturated heterocycles. The van der Waals surface area contributed by atoms with Crippen LogP contribution in [0.2, 0.25) is 0 Å². The number of amides is 4. The molecule has 4 fully saturated rings. The van der Waals surface area contributed by atoms with Crippen molar-refractivity contribution in [1.82, 2.24) is 14.9 Å². The minimum atomic E-state index is -1.16. The van der Waals surface area contributed by atoms with Crippen LogP contribution in [0, 0.1) is 22.7 Å². The van der Waals surface area contributed by atoms with Gasteiger partial charge < -0.3 is 40.8 Å². The highest BCUT2D eigenvalue weighted by atomic mass is 16.5. The van der Waals surface area contributed by atoms with E-state index in [-0.39, 0.29) is 45.4 Å². The number of phenols is 1. The largest absolute Gasteiger partial charge is 0.504 e. The maximum Gasteiger partial charge on any atom is 0.335 e. The first-order chi connectivity index (χ1) is 28.6. The predicted molar refractivity (Wildman–Crippen MR) is 221 cm³/mol. The summed E-state index contributed by atoms with van der Waals surface area (Å²) in [5.41, 5.74) is 1.16. The Hall–Kier alpha value is -7.47. The monoisotopic (exact) mass is 807 g/mol. The second kappa shape index (κ2) is 14.4. The van der Waals surface area contributed by atoms with Crippen molar-refractivity contribution in [3.63, 3.8) is 0 Å². The third-order valence-corrected chi connectivity index (χ3v) is 11.8. The van der Waals surface area contributed by atoms with Gasteiger partial charge in [-0.05, 0) is 118 Å². The normalized spacial score (nSPS) is 22.0. The lowest BCUT2D eigenvalue weighted by molar-refractivity contribution is -0.179. The van der Waals surface area contributed by atoms with E-state index >= 15 is 0 Å². The van der Waals surface area contributed by atoms with Gasteiger partial charge in [-0.2, -0.15) is 5.26 Å². The zero-order valence-electron chi connectivity index (χ0n) is 33.0. The van der Waals surface area contributed by atoms with Crippen LogP contribution in [0.1, 0.15) is 82.0 Å². The van der Waals surface area contributed by atoms with Crippen LogP contribution in [0.4, 0.5) is 17.1 Å². The van der Waals surface area contributed by atoms with Crippen LogP contribution in [0.15, 0.2) is 91.5 Å². The number of carbonyl (C=O) groups excluding carboxylic acids is 4. The summed E-state index contributed by atoms with van der Waals surface area (Å²) in [5.74, 6) is -2.93. The molecule has 0 aliphatic heterocycles. The van der Waals surface area contributed by atoms with E-state index in [1.54, 1.807) is 44.2 Å². The van der Waals surface area contributed by atoms with Crippen molar-refractivity contribution in [3.05, 3.63) is 120 Å². The molecule has 4 saturated carbocycles. The fourth-order valence-electron chi connectivity index (χ4n) is 8.62. The molecule has 15 nitrogen and oxygen atoms in total. The van der Waals surface area contributed by atoms with Crippen molar-refractivity contribution >= 4 is 57.7 Å². The number of hydrogen-bond donors (Lipinski definition) is 6. The molecule has 304 valence electrons. The smallest absolute Gasteiger partial charge is 0.335 e. The molecule has 2 bridgehead atoms. The number of imidazole rings is 1. The number of carboxylic acid groups (broad SMARTS) is 1. The number of aromatic carboxylic acids is 1. The van der Waals surface area contributed by atoms with Crippen LogP contribution in [0.5, 0.6) is 11.5 Å². The summed E-state index contributed by atoms with van der Waals surface area (Å²) < 4.78 is 7.85. The van der Waals surface area contributed by atoms with Gasteiger partial charge in [-0.15, -0.1) is 6.58 Å². The fraction of sp³-hybridized carbons (Fsp3) is 0.267. The van der Waals surface area contributed by atoms with Gasteiger partial charge in [0, 0.05) is 35.3 Å². The second-order valence-corrected chi connectivity index (χ2v) is 16.2. The van der Waals surface area contributed by atoms with Crippen LogP contribution in [0.3, 0.4) is 0 Å². The first-order valence-corrected chi connectivity index (χ1v) is 19.3. The molecule has 2 atom stereocenters. The average Bonchev–Trinajstić information content (AvgIpc) is 3.82. The van der Waals surface area contributed by atoms with Crippen molar-refractivity contribution < 1.29 is 38.9 Å². The van der Waals surface area contributed by atoms with Crippen molar-refractivity contribution in [1.29, 1.82) is 5.26 Å². The Morgan fingerprint density at radius 2 is 1.55 bits per heavy atom. The molecular weight excluding hydrogens is 767 g/mol. The van der Waals surface area contributed by atoms with Crippen LogP contribution >= 0.6 is 0 Å². The topological polar surface area (TPSA) is 225 Å². The van der Waals surface area contributed by atoms with Crippen molar-refractivity contribution in [2.24, 2.45) is 18.4 Å². The number of fused-ring (bicyclic) bond motifs is 1. The van der Waals surface area contributed by atoms with E-state index in [1.807, 2.05) is 17.7 Å². The molecule has 5 aromatic rings. The molecule has 4 aliphatic rings. The predicted octanol–water partition coefficient (Wildman–Crippen LogP) is 6.26. The van der Waals surface area contributed by atoms with Crippen molar-refractivity contribution in [2.75, 3.05) is 16.0 Å². The van der Waals surface area contributed by atoms with E-state index in [4.69, 9.17) is 14.8 Å². The molecule has 1 aromatic heterocycles. The molecule has 4 aromatic carbocycles. The van der Waals surface area contributed by atoms with Crippen LogP contribution in [-0.2, 0) is 22.1 Å². The molecule has 0 spiro atoms. The molecule has 4 aliphatic carbocycles. The average molecular weight is 808 g/mol. The SMILES string of the molecule is C=C[C@H]1C[C@@]1(NC(=O)C12CC(c3nc4cc(C#N)ccc4n3C)(C1)C2)C(=O)Nc1ccc(C(=O)Nc2ccc(C(=O)Nc3ccc(C(=O)O)cc3)c(O)c2OC(C)C)cc1. The first-order valence-electron chi connectivity index (χ1n) is 19.3. The number of nitriles is 1. The Bertz CT molecular complexity index is 2680. The zero-order chi connectivity index (χ0) is 42.7. The van der Waals surface area contributed by atoms with E-state index in [1.165, 1.54) is 48.5 Å². The molecule has 0 unspecified atom stereocenters. The quantitative estimate of drug-likeness (QED) is 0.0732. The minimum absolute atomic E-state index is 0.0429. The van der Waals surface area contributed by atoms with E-state index in [0.717, 1.165) is 16.9 Å². The summed E-state index contributed by atoms with van der Waals surface area (Å²) in [6.45, 7) is 7.31. The van der Waals surface area contributed by atoms with Gasteiger partial charge in [0.15, 0.2) is 11.5 Å². The molecule has 15 heteroatoms. The summed E-state index contributed by atoms with van der Waals surface area (Å²) in [4.78, 5) is 70.1. The van der Waals surface area contributed by atoms with Gasteiger partial charge in [-0.25, -0.2) is 9.78 Å². The highest BCUT2D eigenvalue weighted by molar-refractivity contribution is 6.10. The number of hydrogen-bond acceptors (Lipinski definition) is 9. The second-order valence-electron chi connectivity index (χ2n) is 16.2. The maximum atomic E-state index is 13.8. The number of carbonyl (C=O) groups is 5. The maximum absolute atomic E-state index is 13.8. The molecule has 4 amide bonds. The van der Waals surface area contributed by atoms with Gasteiger partial charge in [0.1, 0.15) is 11.4 Å². The van der Waals surface area contributed by atoms with E-state index < -0.39 is 46.5 Å². The van der Waals surface area contributed by atoms with Crippen LogP contribution < -0.4 is 26.0 Å². The third kappa shape index (κ3) is 6.65. The lowest BCUT2D eigenvalue weighted by Crippen LogP contribution is -2.72. The van der Waals surface area contributed by atoms with Crippen molar-refractivity contribution in [2.45, 2.75) is 56.6 Å². The number of phenolic OH excluding ortho intramolecular Hbond substituents is 1. The Kier molecular flexibility index (Phi) is 9.46. The highest BCUT2D eigenvalue weighted by Crippen LogP contribution is 2.73. The van der Waals surface area contributed by atoms with Crippen LogP contribution in [0.25, 0.3) is 11.0 Å². The molecule has 6 N–H and O–H groups in total. The van der Waals surface area contributed by atoms with E-state index in [2.05, 4.69) is 33.9 Å². The van der Waals surface area contributed by atoms with Crippen molar-refractivity contribution in [3.8, 4) is 17.6 Å². The zero-order valence-corrected chi connectivity index (χ0v) is 33.0. The van der Waals surface area contributed by atoms with E-state index in [0.29, 0.717) is 42.6 Å². The molecule has 60 heavy (non-hydrogen) atoms. The lowest BCUT2D eigenvalue weighted by atomic mass is 9.34. The number of aromatic nitrogens is 2. The van der Waals surface area contributed by atoms with Gasteiger partial charge in [0.25, 0.3) is 17.7 Å². The number of nitrogens with one attached hydrogen (secondary N) is 4. The van der Waals surface area contributed by atoms with Gasteiger partial charge in [0.2, 0.25) is 5.91 Å². The molecular formula is C45H41N7O8. The number of aryl methyl sites for hydroxylation is 1. The number of rotatable bonds is 13. The molecule has 0 radical (unpaired) electrons. The number of aromatic hydroxyl groups is 1. The summed E-state index contributed by atoms with van der Waals surface area (Å²) in [6, 6.07) is 22.0. The first kappa shape index (κ1) is 39.4. The Balaban J connectivity index is 0.905. The molecule has 1 heterocycles. The minimum Gasteiger partial charge on any atom is -0.504 e. The third-order valence-electron chi connectivity index (χ3n) is 11.8. The number of anilines is 3. The fourth-order valence-corrected chi connectivity index (χ4v) is 8.62. The number of carboxylic acids is 1. The summed E-state index contributed by atoms with van der Waals surface area (Å²) >= 11 is 0. The highest BCUT2D eigenvalue weighted by Gasteiger charge is 2.75. The Morgan fingerprint density at radius 3 is 2.15 bits per heavy atom. The number of benzene rings is 4. The van der Waals surface area contributed by atoms with Gasteiger partial charge in [0.05, 0.1) is 51.0 Å². The van der Waals surface area contributed by atoms with Gasteiger partial charge in [-0.1, -0.05) is 6.08 Å². The number of ether oxygens (including phenoxy) is 1. The summed E-state index contributed by atoms with van der Waals surface area (Å²) in [7, 11) is 1.95. The Morgan fingerprint density at radius 1 is 0.900 bits per heavy atom. The van der Waals surface area contributed by atoms with Gasteiger partial charge >= 0.3 is 5.97 Å². The summed E-state index contributed by atoms with van der Waals surface area (Å²) in [5, 5.41) is 40.9. The standard InChI is InChI=1S/C45H41N7O8/c1-5-28-19-45(28,51-41(58)44-21-43(22-44,23-44)40-50-33-18-25(20-46)6-17-34(33)52(40)4)42(59)48-30-11-7-26(8-12-30)37(54)49-32-16-15-31(35(53)36(32)60-24(2)3)38(55)47-29-13-9-27(10-14-29)39(56)57/h5-18,24,28,53H,1,19,21-23H2,2-4H3,(H,47,55)(H,48,59)(H,49,54)(H,51,58)(H,56,57)/t28-,43?,44?,45-/m0/s1. The number of nitrogens with zero attached hydrogens (tertiary/aromatic N) is 3. The van der Waals surface area contributed by atoms with E-state index in [9.17, 15) is 34.3 Å².